The number of hydrogen-bond donors (Lipinski definition) is 1. The molecule has 0 bridgehead atoms. The fourth-order valence-electron chi connectivity index (χ4n) is 3.29. The molecule has 7 nitrogen and oxygen atoms in total. The van der Waals surface area contributed by atoms with E-state index >= 15 is 0 Å². The lowest BCUT2D eigenvalue weighted by atomic mass is 10.2. The van der Waals surface area contributed by atoms with Crippen LogP contribution in [0.3, 0.4) is 0 Å². The average molecular weight is 403 g/mol. The van der Waals surface area contributed by atoms with Crippen molar-refractivity contribution in [1.82, 2.24) is 24.7 Å². The van der Waals surface area contributed by atoms with Gasteiger partial charge in [-0.1, -0.05) is 42.1 Å². The van der Waals surface area contributed by atoms with Gasteiger partial charge < -0.3 is 9.40 Å². The maximum Gasteiger partial charge on any atom is 0.258 e. The lowest BCUT2D eigenvalue weighted by Gasteiger charge is -2.06. The Bertz CT molecular complexity index is 1350. The van der Waals surface area contributed by atoms with E-state index in [1.807, 2.05) is 60.0 Å². The SMILES string of the molecule is CCn1c(SCc2nc3ccccc3c(=O)[nH]2)nnc1-c1cc2ccccc2o1. The number of H-pyrrole nitrogens is 1. The van der Waals surface area contributed by atoms with Gasteiger partial charge in [0.1, 0.15) is 11.4 Å². The van der Waals surface area contributed by atoms with Crippen molar-refractivity contribution >= 4 is 33.6 Å². The van der Waals surface area contributed by atoms with Crippen molar-refractivity contribution in [3.05, 3.63) is 70.8 Å². The fourth-order valence-corrected chi connectivity index (χ4v) is 4.16. The van der Waals surface area contributed by atoms with Gasteiger partial charge in [0.25, 0.3) is 5.56 Å². The summed E-state index contributed by atoms with van der Waals surface area (Å²) in [6, 6.07) is 17.1. The third-order valence-electron chi connectivity index (χ3n) is 4.68. The van der Waals surface area contributed by atoms with Gasteiger partial charge in [0.2, 0.25) is 5.82 Å². The number of benzene rings is 2. The number of thioether (sulfide) groups is 1. The van der Waals surface area contributed by atoms with E-state index in [4.69, 9.17) is 4.42 Å². The standard InChI is InChI=1S/C21H17N5O2S/c1-2-26-19(17-11-13-7-3-6-10-16(13)28-17)24-25-21(26)29-12-18-22-15-9-5-4-8-14(15)20(27)23-18/h3-11H,2,12H2,1H3,(H,22,23,27). The second-order valence-electron chi connectivity index (χ2n) is 6.52. The first kappa shape index (κ1) is 17.7. The number of furan rings is 1. The third kappa shape index (κ3) is 3.21. The van der Waals surface area contributed by atoms with Crippen molar-refractivity contribution in [3.8, 4) is 11.6 Å². The van der Waals surface area contributed by atoms with Crippen LogP contribution in [0, 0.1) is 0 Å². The molecule has 0 spiro atoms. The summed E-state index contributed by atoms with van der Waals surface area (Å²) in [6.45, 7) is 2.74. The molecule has 0 saturated heterocycles. The molecule has 8 heteroatoms. The van der Waals surface area contributed by atoms with E-state index in [0.717, 1.165) is 16.1 Å². The van der Waals surface area contributed by atoms with Crippen LogP contribution in [0.15, 0.2) is 69.0 Å². The molecule has 0 aliphatic heterocycles. The van der Waals surface area contributed by atoms with E-state index in [1.165, 1.54) is 11.8 Å². The van der Waals surface area contributed by atoms with Crippen LogP contribution >= 0.6 is 11.8 Å². The number of aromatic amines is 1. The van der Waals surface area contributed by atoms with Crippen LogP contribution in [0.4, 0.5) is 0 Å². The van der Waals surface area contributed by atoms with Gasteiger partial charge in [0.15, 0.2) is 10.9 Å². The number of para-hydroxylation sites is 2. The third-order valence-corrected chi connectivity index (χ3v) is 5.66. The summed E-state index contributed by atoms with van der Waals surface area (Å²) in [5, 5.41) is 11.0. The predicted octanol–water partition coefficient (Wildman–Crippen LogP) is 4.24. The lowest BCUT2D eigenvalue weighted by Crippen LogP contribution is -2.11. The number of aromatic nitrogens is 5. The van der Waals surface area contributed by atoms with Gasteiger partial charge in [0.05, 0.1) is 16.7 Å². The summed E-state index contributed by atoms with van der Waals surface area (Å²) >= 11 is 1.48. The maximum atomic E-state index is 12.3. The summed E-state index contributed by atoms with van der Waals surface area (Å²) in [6.07, 6.45) is 0. The molecule has 0 radical (unpaired) electrons. The molecule has 29 heavy (non-hydrogen) atoms. The summed E-state index contributed by atoms with van der Waals surface area (Å²) in [5.74, 6) is 2.46. The van der Waals surface area contributed by atoms with Gasteiger partial charge in [-0.3, -0.25) is 9.36 Å². The zero-order chi connectivity index (χ0) is 19.8. The molecule has 144 valence electrons. The minimum atomic E-state index is -0.133. The van der Waals surface area contributed by atoms with Crippen molar-refractivity contribution in [2.45, 2.75) is 24.4 Å². The number of nitrogens with one attached hydrogen (secondary N) is 1. The van der Waals surface area contributed by atoms with Crippen LogP contribution < -0.4 is 5.56 Å². The topological polar surface area (TPSA) is 89.6 Å². The Morgan fingerprint density at radius 2 is 1.93 bits per heavy atom. The summed E-state index contributed by atoms with van der Waals surface area (Å²) in [4.78, 5) is 19.7. The molecule has 0 fully saturated rings. The van der Waals surface area contributed by atoms with Crippen molar-refractivity contribution in [2.75, 3.05) is 0 Å². The van der Waals surface area contributed by atoms with E-state index in [-0.39, 0.29) is 5.56 Å². The smallest absolute Gasteiger partial charge is 0.258 e. The average Bonchev–Trinajstić information content (AvgIpc) is 3.35. The highest BCUT2D eigenvalue weighted by atomic mass is 32.2. The van der Waals surface area contributed by atoms with Crippen molar-refractivity contribution < 1.29 is 4.42 Å². The first-order valence-corrected chi connectivity index (χ1v) is 10.2. The minimum Gasteiger partial charge on any atom is -0.453 e. The van der Waals surface area contributed by atoms with Crippen LogP contribution in [0.1, 0.15) is 12.7 Å². The zero-order valence-corrected chi connectivity index (χ0v) is 16.4. The van der Waals surface area contributed by atoms with Gasteiger partial charge in [-0.05, 0) is 31.2 Å². The van der Waals surface area contributed by atoms with E-state index in [0.29, 0.717) is 40.6 Å². The second-order valence-corrected chi connectivity index (χ2v) is 7.46. The van der Waals surface area contributed by atoms with Gasteiger partial charge in [-0.15, -0.1) is 10.2 Å². The summed E-state index contributed by atoms with van der Waals surface area (Å²) in [7, 11) is 0. The number of nitrogens with zero attached hydrogens (tertiary/aromatic N) is 4. The Morgan fingerprint density at radius 1 is 1.10 bits per heavy atom. The van der Waals surface area contributed by atoms with Crippen molar-refractivity contribution in [3.63, 3.8) is 0 Å². The largest absolute Gasteiger partial charge is 0.453 e. The molecule has 0 atom stereocenters. The highest BCUT2D eigenvalue weighted by molar-refractivity contribution is 7.98. The maximum absolute atomic E-state index is 12.3. The molecule has 1 N–H and O–H groups in total. The first-order valence-electron chi connectivity index (χ1n) is 9.26. The quantitative estimate of drug-likeness (QED) is 0.442. The Kier molecular flexibility index (Phi) is 4.40. The fraction of sp³-hybridized carbons (Fsp3) is 0.143. The monoisotopic (exact) mass is 403 g/mol. The number of hydrogen-bond acceptors (Lipinski definition) is 6. The molecule has 0 aliphatic rings. The van der Waals surface area contributed by atoms with Crippen LogP contribution in [-0.2, 0) is 12.3 Å². The predicted molar refractivity (Wildman–Crippen MR) is 113 cm³/mol. The van der Waals surface area contributed by atoms with Gasteiger partial charge in [0, 0.05) is 11.9 Å². The van der Waals surface area contributed by atoms with Crippen LogP contribution in [-0.4, -0.2) is 24.7 Å². The molecule has 5 rings (SSSR count). The Balaban J connectivity index is 1.44. The van der Waals surface area contributed by atoms with E-state index in [9.17, 15) is 4.79 Å². The molecule has 3 heterocycles. The highest BCUT2D eigenvalue weighted by Gasteiger charge is 2.17. The molecule has 0 unspecified atom stereocenters. The molecule has 0 aliphatic carbocycles. The normalized spacial score (nSPS) is 11.5. The Labute approximate surface area is 169 Å². The van der Waals surface area contributed by atoms with E-state index in [1.54, 1.807) is 6.07 Å². The molecule has 5 aromatic rings. The van der Waals surface area contributed by atoms with Crippen molar-refractivity contribution in [2.24, 2.45) is 0 Å². The van der Waals surface area contributed by atoms with Crippen LogP contribution in [0.2, 0.25) is 0 Å². The van der Waals surface area contributed by atoms with Gasteiger partial charge in [-0.25, -0.2) is 4.98 Å². The number of fused-ring (bicyclic) bond motifs is 2. The number of rotatable bonds is 5. The van der Waals surface area contributed by atoms with Gasteiger partial charge in [-0.2, -0.15) is 0 Å². The van der Waals surface area contributed by atoms with Gasteiger partial charge >= 0.3 is 0 Å². The minimum absolute atomic E-state index is 0.133. The lowest BCUT2D eigenvalue weighted by molar-refractivity contribution is 0.607. The molecular formula is C21H17N5O2S. The molecule has 0 amide bonds. The molecular weight excluding hydrogens is 386 g/mol. The summed E-state index contributed by atoms with van der Waals surface area (Å²) in [5.41, 5.74) is 1.37. The van der Waals surface area contributed by atoms with E-state index < -0.39 is 0 Å². The molecule has 3 aromatic heterocycles. The summed E-state index contributed by atoms with van der Waals surface area (Å²) < 4.78 is 7.95. The second kappa shape index (κ2) is 7.21. The Hall–Kier alpha value is -3.39. The Morgan fingerprint density at radius 3 is 2.79 bits per heavy atom. The van der Waals surface area contributed by atoms with Crippen molar-refractivity contribution in [1.29, 1.82) is 0 Å². The van der Waals surface area contributed by atoms with E-state index in [2.05, 4.69) is 20.2 Å². The van der Waals surface area contributed by atoms with Crippen LogP contribution in [0.25, 0.3) is 33.5 Å². The molecule has 0 saturated carbocycles. The first-order chi connectivity index (χ1) is 14.2. The zero-order valence-electron chi connectivity index (χ0n) is 15.6. The molecule has 2 aromatic carbocycles. The van der Waals surface area contributed by atoms with Crippen LogP contribution in [0.5, 0.6) is 0 Å². The highest BCUT2D eigenvalue weighted by Crippen LogP contribution is 2.29.